The molecular formula is C30H30Cl2N6O3. The van der Waals surface area contributed by atoms with Gasteiger partial charge in [-0.25, -0.2) is 14.3 Å². The predicted molar refractivity (Wildman–Crippen MR) is 164 cm³/mol. The van der Waals surface area contributed by atoms with E-state index >= 15 is 0 Å². The third kappa shape index (κ3) is 6.26. The maximum Gasteiger partial charge on any atom is 0.322 e. The first-order chi connectivity index (χ1) is 19.7. The number of urea groups is 1. The minimum Gasteiger partial charge on any atom is -0.497 e. The number of hydrogen-bond acceptors (Lipinski definition) is 6. The lowest BCUT2D eigenvalue weighted by molar-refractivity contribution is 0.205. The highest BCUT2D eigenvalue weighted by Gasteiger charge is 2.27. The molecule has 2 N–H and O–H groups in total. The number of carbonyl (C=O) groups excluding carboxylic acids is 1. The largest absolute Gasteiger partial charge is 0.497 e. The second kappa shape index (κ2) is 12.1. The number of aromatic nitrogens is 2. The van der Waals surface area contributed by atoms with E-state index in [2.05, 4.69) is 10.6 Å². The molecule has 0 radical (unpaired) electrons. The molecule has 0 saturated heterocycles. The summed E-state index contributed by atoms with van der Waals surface area (Å²) in [4.78, 5) is 35.6. The van der Waals surface area contributed by atoms with E-state index in [1.807, 2.05) is 67.5 Å². The molecule has 0 atom stereocenters. The van der Waals surface area contributed by atoms with Crippen molar-refractivity contribution in [1.82, 2.24) is 14.5 Å². The molecule has 11 heteroatoms. The van der Waals surface area contributed by atoms with E-state index in [1.165, 1.54) is 0 Å². The van der Waals surface area contributed by atoms with Gasteiger partial charge in [0.15, 0.2) is 0 Å². The third-order valence-corrected chi connectivity index (χ3v) is 7.47. The second-order valence-electron chi connectivity index (χ2n) is 9.84. The molecule has 0 spiro atoms. The first-order valence-corrected chi connectivity index (χ1v) is 13.8. The van der Waals surface area contributed by atoms with Crippen LogP contribution >= 0.6 is 23.2 Å². The summed E-state index contributed by atoms with van der Waals surface area (Å²) in [5.74, 6) is 1.21. The number of halogens is 2. The predicted octanol–water partition coefficient (Wildman–Crippen LogP) is 5.82. The lowest BCUT2D eigenvalue weighted by Gasteiger charge is -2.29. The topological polar surface area (TPSA) is 91.7 Å². The summed E-state index contributed by atoms with van der Waals surface area (Å²) in [6, 6.07) is 19.9. The lowest BCUT2D eigenvalue weighted by atomic mass is 10.1. The number of hydrogen-bond donors (Lipinski definition) is 2. The molecule has 2 heterocycles. The van der Waals surface area contributed by atoms with Crippen molar-refractivity contribution in [2.24, 2.45) is 0 Å². The van der Waals surface area contributed by atoms with Crippen LogP contribution in [0.15, 0.2) is 71.5 Å². The van der Waals surface area contributed by atoms with Crippen molar-refractivity contribution in [2.45, 2.75) is 19.5 Å². The summed E-state index contributed by atoms with van der Waals surface area (Å²) in [5, 5.41) is 6.98. The van der Waals surface area contributed by atoms with Crippen LogP contribution in [-0.2, 0) is 19.5 Å². The Bertz CT molecular complexity index is 1620. The van der Waals surface area contributed by atoms with E-state index in [9.17, 15) is 9.59 Å². The van der Waals surface area contributed by atoms with Gasteiger partial charge in [-0.05, 0) is 60.2 Å². The Kier molecular flexibility index (Phi) is 8.37. The molecule has 1 aromatic heterocycles. The van der Waals surface area contributed by atoms with Crippen molar-refractivity contribution in [3.63, 3.8) is 0 Å². The molecule has 4 aromatic rings. The molecule has 5 rings (SSSR count). The lowest BCUT2D eigenvalue weighted by Crippen LogP contribution is -2.43. The summed E-state index contributed by atoms with van der Waals surface area (Å²) in [5.41, 5.74) is 4.04. The number of nitrogens with one attached hydrogen (secondary N) is 2. The molecular weight excluding hydrogens is 563 g/mol. The van der Waals surface area contributed by atoms with E-state index < -0.39 is 0 Å². The zero-order valence-electron chi connectivity index (χ0n) is 22.9. The van der Waals surface area contributed by atoms with E-state index in [0.29, 0.717) is 58.1 Å². The average molecular weight is 594 g/mol. The normalized spacial score (nSPS) is 12.5. The Morgan fingerprint density at radius 3 is 2.44 bits per heavy atom. The summed E-state index contributed by atoms with van der Waals surface area (Å²) in [7, 11) is 5.54. The van der Waals surface area contributed by atoms with Crippen LogP contribution in [0.1, 0.15) is 16.8 Å². The van der Waals surface area contributed by atoms with Crippen LogP contribution in [0, 0.1) is 0 Å². The van der Waals surface area contributed by atoms with Gasteiger partial charge in [-0.2, -0.15) is 0 Å². The molecule has 41 heavy (non-hydrogen) atoms. The van der Waals surface area contributed by atoms with Crippen molar-refractivity contribution >= 4 is 46.6 Å². The Balaban J connectivity index is 1.46. The van der Waals surface area contributed by atoms with Gasteiger partial charge in [0.05, 0.1) is 41.3 Å². The zero-order valence-corrected chi connectivity index (χ0v) is 24.5. The van der Waals surface area contributed by atoms with Crippen LogP contribution in [0.25, 0.3) is 5.69 Å². The number of methoxy groups -OCH3 is 1. The number of amides is 2. The maximum absolute atomic E-state index is 14.0. The van der Waals surface area contributed by atoms with Gasteiger partial charge in [0.1, 0.15) is 5.75 Å². The Labute approximate surface area is 248 Å². The molecule has 0 saturated carbocycles. The Morgan fingerprint density at radius 1 is 1.05 bits per heavy atom. The number of nitrogens with zero attached hydrogens (tertiary/aromatic N) is 4. The van der Waals surface area contributed by atoms with Crippen molar-refractivity contribution in [3.8, 4) is 11.4 Å². The number of ether oxygens (including phenoxy) is 1. The van der Waals surface area contributed by atoms with Crippen molar-refractivity contribution < 1.29 is 9.53 Å². The van der Waals surface area contributed by atoms with Gasteiger partial charge in [0.2, 0.25) is 5.95 Å². The molecule has 212 valence electrons. The van der Waals surface area contributed by atoms with Gasteiger partial charge >= 0.3 is 6.03 Å². The zero-order chi connectivity index (χ0) is 29.1. The molecule has 9 nitrogen and oxygen atoms in total. The van der Waals surface area contributed by atoms with Crippen LogP contribution in [0.5, 0.6) is 5.75 Å². The molecule has 0 unspecified atom stereocenters. The fourth-order valence-electron chi connectivity index (χ4n) is 4.62. The monoisotopic (exact) mass is 592 g/mol. The Hall–Kier alpha value is -4.21. The quantitative estimate of drug-likeness (QED) is 0.281. The molecule has 0 fully saturated rings. The highest BCUT2D eigenvalue weighted by molar-refractivity contribution is 6.36. The molecule has 3 aromatic carbocycles. The molecule has 0 aliphatic carbocycles. The van der Waals surface area contributed by atoms with Crippen LogP contribution in [-0.4, -0.2) is 48.2 Å². The first kappa shape index (κ1) is 28.3. The summed E-state index contributed by atoms with van der Waals surface area (Å²) in [6.07, 6.45) is 0.434. The van der Waals surface area contributed by atoms with Gasteiger partial charge in [-0.1, -0.05) is 35.3 Å². The number of benzene rings is 3. The number of carbonyl (C=O) groups is 1. The molecule has 0 bridgehead atoms. The van der Waals surface area contributed by atoms with Crippen molar-refractivity contribution in [2.75, 3.05) is 43.3 Å². The van der Waals surface area contributed by atoms with Gasteiger partial charge in [-0.15, -0.1) is 0 Å². The summed E-state index contributed by atoms with van der Waals surface area (Å²) >= 11 is 12.2. The Morgan fingerprint density at radius 2 is 1.78 bits per heavy atom. The fraction of sp³-hybridized carbons (Fsp3) is 0.233. The molecule has 1 aliphatic heterocycles. The summed E-state index contributed by atoms with van der Waals surface area (Å²) in [6.45, 7) is 0.976. The third-order valence-electron chi connectivity index (χ3n) is 6.92. The number of rotatable bonds is 7. The number of fused-ring (bicyclic) bond motifs is 1. The first-order valence-electron chi connectivity index (χ1n) is 13.0. The van der Waals surface area contributed by atoms with Crippen LogP contribution < -0.4 is 25.8 Å². The smallest absolute Gasteiger partial charge is 0.322 e. The second-order valence-corrected chi connectivity index (χ2v) is 10.7. The highest BCUT2D eigenvalue weighted by Crippen LogP contribution is 2.27. The van der Waals surface area contributed by atoms with Crippen molar-refractivity contribution in [1.29, 1.82) is 0 Å². The van der Waals surface area contributed by atoms with E-state index in [0.717, 1.165) is 17.0 Å². The summed E-state index contributed by atoms with van der Waals surface area (Å²) < 4.78 is 6.83. The van der Waals surface area contributed by atoms with Crippen molar-refractivity contribution in [3.05, 3.63) is 104 Å². The van der Waals surface area contributed by atoms with E-state index in [-0.39, 0.29) is 18.1 Å². The molecule has 1 aliphatic rings. The van der Waals surface area contributed by atoms with E-state index in [1.54, 1.807) is 34.8 Å². The SMILES string of the molecule is COc1ccc(CNc2nc3c(c(=O)n2-c2ccc(N(C)C)cc2)CN(C(=O)Nc2ccc(Cl)cc2Cl)CC3)cc1. The fourth-order valence-corrected chi connectivity index (χ4v) is 5.07. The van der Waals surface area contributed by atoms with Gasteiger partial charge in [0, 0.05) is 44.3 Å². The van der Waals surface area contributed by atoms with Crippen LogP contribution in [0.4, 0.5) is 22.1 Å². The van der Waals surface area contributed by atoms with Gasteiger partial charge in [-0.3, -0.25) is 4.79 Å². The van der Waals surface area contributed by atoms with Gasteiger partial charge < -0.3 is 25.2 Å². The van der Waals surface area contributed by atoms with Crippen LogP contribution in [0.3, 0.4) is 0 Å². The maximum atomic E-state index is 14.0. The van der Waals surface area contributed by atoms with Gasteiger partial charge in [0.25, 0.3) is 5.56 Å². The molecule has 2 amide bonds. The standard InChI is InChI=1S/C30H30Cl2N6O3/c1-36(2)21-7-9-22(10-8-21)38-28(39)24-18-37(30(40)35-27-13-6-20(31)16-25(27)32)15-14-26(24)34-29(38)33-17-19-4-11-23(41-3)12-5-19/h4-13,16H,14-15,17-18H2,1-3H3,(H,33,34)(H,35,40). The minimum absolute atomic E-state index is 0.118. The number of anilines is 3. The minimum atomic E-state index is -0.358. The average Bonchev–Trinajstić information content (AvgIpc) is 2.97. The van der Waals surface area contributed by atoms with Crippen LogP contribution in [0.2, 0.25) is 10.0 Å². The highest BCUT2D eigenvalue weighted by atomic mass is 35.5. The van der Waals surface area contributed by atoms with E-state index in [4.69, 9.17) is 32.9 Å².